The van der Waals surface area contributed by atoms with E-state index in [1.54, 1.807) is 28.4 Å². The predicted octanol–water partition coefficient (Wildman–Crippen LogP) is 4.46. The molecule has 1 aliphatic heterocycles. The molecule has 0 bridgehead atoms. The van der Waals surface area contributed by atoms with Crippen LogP contribution in [0, 0.1) is 12.7 Å². The van der Waals surface area contributed by atoms with Crippen LogP contribution in [0.4, 0.5) is 9.52 Å². The Morgan fingerprint density at radius 3 is 2.68 bits per heavy atom. The highest BCUT2D eigenvalue weighted by atomic mass is 35.5. The van der Waals surface area contributed by atoms with E-state index in [1.807, 2.05) is 12.1 Å². The number of carbonyl (C=O) groups excluding carboxylic acids is 1. The van der Waals surface area contributed by atoms with Gasteiger partial charge in [-0.15, -0.1) is 12.4 Å². The third-order valence-electron chi connectivity index (χ3n) is 5.29. The van der Waals surface area contributed by atoms with E-state index in [2.05, 4.69) is 17.9 Å². The topological polar surface area (TPSA) is 45.7 Å². The van der Waals surface area contributed by atoms with Gasteiger partial charge in [-0.05, 0) is 48.7 Å². The van der Waals surface area contributed by atoms with Crippen LogP contribution in [0.2, 0.25) is 0 Å². The summed E-state index contributed by atoms with van der Waals surface area (Å²) in [4.78, 5) is 22.1. The van der Waals surface area contributed by atoms with Crippen molar-refractivity contribution in [2.75, 3.05) is 44.3 Å². The zero-order chi connectivity index (χ0) is 20.9. The summed E-state index contributed by atoms with van der Waals surface area (Å²) < 4.78 is 19.7. The summed E-state index contributed by atoms with van der Waals surface area (Å²) in [6, 6.07) is 12.3. The van der Waals surface area contributed by atoms with Gasteiger partial charge in [-0.25, -0.2) is 9.37 Å². The summed E-state index contributed by atoms with van der Waals surface area (Å²) in [6.45, 7) is 6.99. The summed E-state index contributed by atoms with van der Waals surface area (Å²) in [5, 5.41) is 0.727. The monoisotopic (exact) mass is 463 g/mol. The summed E-state index contributed by atoms with van der Waals surface area (Å²) >= 11 is 1.55. The highest BCUT2D eigenvalue weighted by Crippen LogP contribution is 2.30. The van der Waals surface area contributed by atoms with Crippen LogP contribution in [0.3, 0.4) is 0 Å². The molecule has 0 spiro atoms. The number of ether oxygens (including phenoxy) is 1. The number of fused-ring (bicyclic) bond motifs is 1. The number of benzene rings is 2. The van der Waals surface area contributed by atoms with Gasteiger partial charge in [0.05, 0.1) is 29.9 Å². The minimum absolute atomic E-state index is 0. The number of aryl methyl sites for hydroxylation is 1. The van der Waals surface area contributed by atoms with E-state index >= 15 is 0 Å². The number of anilines is 1. The van der Waals surface area contributed by atoms with Crippen molar-refractivity contribution in [1.29, 1.82) is 0 Å². The van der Waals surface area contributed by atoms with Gasteiger partial charge in [-0.2, -0.15) is 0 Å². The SMILES string of the molecule is Cc1ccc2nc(N(CCCN3CCOCC3)C(=O)Cc3ccc(F)cc3)sc2c1.Cl. The molecule has 1 saturated heterocycles. The maximum absolute atomic E-state index is 13.2. The lowest BCUT2D eigenvalue weighted by Gasteiger charge is -2.27. The number of halogens is 2. The molecule has 4 rings (SSSR count). The van der Waals surface area contributed by atoms with E-state index in [0.29, 0.717) is 6.54 Å². The first kappa shape index (κ1) is 23.6. The molecule has 1 aliphatic rings. The third-order valence-corrected chi connectivity index (χ3v) is 6.33. The van der Waals surface area contributed by atoms with Gasteiger partial charge in [-0.3, -0.25) is 14.6 Å². The summed E-state index contributed by atoms with van der Waals surface area (Å²) in [6.07, 6.45) is 1.09. The number of hydrogen-bond acceptors (Lipinski definition) is 5. The van der Waals surface area contributed by atoms with E-state index in [4.69, 9.17) is 9.72 Å². The van der Waals surface area contributed by atoms with Crippen LogP contribution in [0.1, 0.15) is 17.5 Å². The van der Waals surface area contributed by atoms with Crippen molar-refractivity contribution in [2.24, 2.45) is 0 Å². The molecule has 0 atom stereocenters. The largest absolute Gasteiger partial charge is 0.379 e. The molecule has 0 radical (unpaired) electrons. The molecule has 0 N–H and O–H groups in total. The molecule has 1 aromatic heterocycles. The van der Waals surface area contributed by atoms with Crippen LogP contribution < -0.4 is 4.90 Å². The average Bonchev–Trinajstić information content (AvgIpc) is 3.16. The lowest BCUT2D eigenvalue weighted by molar-refractivity contribution is -0.118. The fraction of sp³-hybridized carbons (Fsp3) is 0.391. The smallest absolute Gasteiger partial charge is 0.233 e. The molecule has 0 saturated carbocycles. The van der Waals surface area contributed by atoms with Gasteiger partial charge in [0.2, 0.25) is 5.91 Å². The lowest BCUT2D eigenvalue weighted by atomic mass is 10.1. The van der Waals surface area contributed by atoms with Crippen LogP contribution in [-0.2, 0) is 16.0 Å². The fourth-order valence-electron chi connectivity index (χ4n) is 3.61. The number of amides is 1. The van der Waals surface area contributed by atoms with Gasteiger partial charge in [0.25, 0.3) is 0 Å². The normalized spacial score (nSPS) is 14.4. The second-order valence-electron chi connectivity index (χ2n) is 7.62. The van der Waals surface area contributed by atoms with Crippen molar-refractivity contribution in [2.45, 2.75) is 19.8 Å². The Bertz CT molecular complexity index is 1010. The Balaban J connectivity index is 0.00000272. The number of nitrogens with zero attached hydrogens (tertiary/aromatic N) is 3. The van der Waals surface area contributed by atoms with Crippen LogP contribution in [0.15, 0.2) is 42.5 Å². The van der Waals surface area contributed by atoms with Crippen molar-refractivity contribution in [3.05, 3.63) is 59.4 Å². The number of thiazole rings is 1. The summed E-state index contributed by atoms with van der Waals surface area (Å²) in [5.74, 6) is -0.311. The number of aromatic nitrogens is 1. The third kappa shape index (κ3) is 6.23. The van der Waals surface area contributed by atoms with E-state index < -0.39 is 0 Å². The van der Waals surface area contributed by atoms with Gasteiger partial charge in [0.15, 0.2) is 5.13 Å². The number of morpholine rings is 1. The van der Waals surface area contributed by atoms with E-state index in [9.17, 15) is 9.18 Å². The van der Waals surface area contributed by atoms with Gasteiger partial charge in [0, 0.05) is 26.2 Å². The molecular weight excluding hydrogens is 437 g/mol. The van der Waals surface area contributed by atoms with Crippen LogP contribution in [0.25, 0.3) is 10.2 Å². The first-order valence-electron chi connectivity index (χ1n) is 10.3. The van der Waals surface area contributed by atoms with Crippen LogP contribution >= 0.6 is 23.7 Å². The highest BCUT2D eigenvalue weighted by molar-refractivity contribution is 7.22. The minimum atomic E-state index is -0.296. The second kappa shape index (κ2) is 11.0. The molecule has 5 nitrogen and oxygen atoms in total. The van der Waals surface area contributed by atoms with Gasteiger partial charge in [-0.1, -0.05) is 29.5 Å². The molecular formula is C23H27ClFN3O2S. The summed E-state index contributed by atoms with van der Waals surface area (Å²) in [7, 11) is 0. The first-order valence-corrected chi connectivity index (χ1v) is 11.1. The quantitative estimate of drug-likeness (QED) is 0.519. The van der Waals surface area contributed by atoms with Crippen molar-refractivity contribution in [1.82, 2.24) is 9.88 Å². The predicted molar refractivity (Wildman–Crippen MR) is 126 cm³/mol. The van der Waals surface area contributed by atoms with Crippen LogP contribution in [0.5, 0.6) is 0 Å². The molecule has 166 valence electrons. The number of rotatable bonds is 7. The number of carbonyl (C=O) groups is 1. The molecule has 8 heteroatoms. The molecule has 31 heavy (non-hydrogen) atoms. The lowest BCUT2D eigenvalue weighted by Crippen LogP contribution is -2.39. The van der Waals surface area contributed by atoms with E-state index in [0.717, 1.165) is 60.2 Å². The maximum Gasteiger partial charge on any atom is 0.233 e. The van der Waals surface area contributed by atoms with Crippen molar-refractivity contribution in [3.8, 4) is 0 Å². The molecule has 2 aromatic carbocycles. The molecule has 0 unspecified atom stereocenters. The first-order chi connectivity index (χ1) is 14.6. The number of hydrogen-bond donors (Lipinski definition) is 0. The van der Waals surface area contributed by atoms with Crippen molar-refractivity contribution < 1.29 is 13.9 Å². The maximum atomic E-state index is 13.2. The molecule has 2 heterocycles. The fourth-order valence-corrected chi connectivity index (χ4v) is 4.72. The Morgan fingerprint density at radius 1 is 1.19 bits per heavy atom. The Labute approximate surface area is 192 Å². The molecule has 1 amide bonds. The van der Waals surface area contributed by atoms with Gasteiger partial charge >= 0.3 is 0 Å². The van der Waals surface area contributed by atoms with Crippen LogP contribution in [-0.4, -0.2) is 55.2 Å². The minimum Gasteiger partial charge on any atom is -0.379 e. The Hall–Kier alpha value is -2.06. The molecule has 0 aliphatic carbocycles. The molecule has 3 aromatic rings. The Morgan fingerprint density at radius 2 is 1.94 bits per heavy atom. The van der Waals surface area contributed by atoms with Gasteiger partial charge in [0.1, 0.15) is 5.82 Å². The average molecular weight is 464 g/mol. The second-order valence-corrected chi connectivity index (χ2v) is 8.63. The standard InChI is InChI=1S/C23H26FN3O2S.ClH/c1-17-3-8-20-21(15-17)30-23(25-20)27(10-2-9-26-11-13-29-14-12-26)22(28)16-18-4-6-19(24)7-5-18;/h3-8,15H,2,9-14,16H2,1H3;1H. The Kier molecular flexibility index (Phi) is 8.37. The van der Waals surface area contributed by atoms with Crippen molar-refractivity contribution in [3.63, 3.8) is 0 Å². The van der Waals surface area contributed by atoms with Gasteiger partial charge < -0.3 is 4.74 Å². The summed E-state index contributed by atoms with van der Waals surface area (Å²) in [5.41, 5.74) is 2.89. The molecule has 1 fully saturated rings. The van der Waals surface area contributed by atoms with E-state index in [1.165, 1.54) is 17.7 Å². The zero-order valence-electron chi connectivity index (χ0n) is 17.6. The zero-order valence-corrected chi connectivity index (χ0v) is 19.2. The van der Waals surface area contributed by atoms with Crippen molar-refractivity contribution >= 4 is 45.0 Å². The van der Waals surface area contributed by atoms with E-state index in [-0.39, 0.29) is 30.6 Å². The highest BCUT2D eigenvalue weighted by Gasteiger charge is 2.21.